The van der Waals surface area contributed by atoms with Gasteiger partial charge in [0.1, 0.15) is 5.82 Å². The van der Waals surface area contributed by atoms with E-state index in [-0.39, 0.29) is 11.9 Å². The van der Waals surface area contributed by atoms with Gasteiger partial charge in [0.2, 0.25) is 0 Å². The molecule has 1 atom stereocenters. The van der Waals surface area contributed by atoms with Crippen molar-refractivity contribution >= 4 is 5.69 Å². The Bertz CT molecular complexity index is 450. The first-order chi connectivity index (χ1) is 8.69. The van der Waals surface area contributed by atoms with Crippen molar-refractivity contribution < 1.29 is 9.13 Å². The minimum atomic E-state index is -0.379. The second kappa shape index (κ2) is 5.83. The summed E-state index contributed by atoms with van der Waals surface area (Å²) < 4.78 is 18.6. The number of benzene rings is 1. The molecule has 1 unspecified atom stereocenters. The van der Waals surface area contributed by atoms with Crippen molar-refractivity contribution in [2.24, 2.45) is 5.92 Å². The molecule has 96 valence electrons. The van der Waals surface area contributed by atoms with Crippen LogP contribution in [0.25, 0.3) is 0 Å². The first kappa shape index (κ1) is 12.8. The predicted octanol–water partition coefficient (Wildman–Crippen LogP) is 2.92. The van der Waals surface area contributed by atoms with Gasteiger partial charge in [0.25, 0.3) is 0 Å². The molecule has 2 rings (SSSR count). The molecule has 0 radical (unpaired) electrons. The van der Waals surface area contributed by atoms with E-state index in [1.165, 1.54) is 12.1 Å². The highest BCUT2D eigenvalue weighted by atomic mass is 19.1. The summed E-state index contributed by atoms with van der Waals surface area (Å²) in [4.78, 5) is 0. The van der Waals surface area contributed by atoms with Crippen LogP contribution in [0.5, 0.6) is 0 Å². The van der Waals surface area contributed by atoms with Crippen LogP contribution < -0.4 is 5.32 Å². The van der Waals surface area contributed by atoms with Crippen molar-refractivity contribution in [3.05, 3.63) is 29.6 Å². The lowest BCUT2D eigenvalue weighted by Crippen LogP contribution is -2.31. The lowest BCUT2D eigenvalue weighted by Gasteiger charge is -2.29. The van der Waals surface area contributed by atoms with E-state index in [9.17, 15) is 4.39 Å². The van der Waals surface area contributed by atoms with Gasteiger partial charge in [-0.2, -0.15) is 5.26 Å². The van der Waals surface area contributed by atoms with Crippen molar-refractivity contribution in [2.45, 2.75) is 25.8 Å². The van der Waals surface area contributed by atoms with Gasteiger partial charge in [-0.3, -0.25) is 0 Å². The Kier molecular flexibility index (Phi) is 4.16. The molecule has 0 spiro atoms. The number of ether oxygens (including phenoxy) is 1. The van der Waals surface area contributed by atoms with Gasteiger partial charge in [-0.1, -0.05) is 0 Å². The van der Waals surface area contributed by atoms with Gasteiger partial charge in [0.15, 0.2) is 0 Å². The molecule has 18 heavy (non-hydrogen) atoms. The molecule has 0 aromatic heterocycles. The minimum Gasteiger partial charge on any atom is -0.382 e. The molecule has 1 aliphatic rings. The third-order valence-corrected chi connectivity index (χ3v) is 3.39. The Labute approximate surface area is 107 Å². The number of hydrogen-bond donors (Lipinski definition) is 1. The van der Waals surface area contributed by atoms with Gasteiger partial charge in [-0.15, -0.1) is 0 Å². The molecule has 1 saturated heterocycles. The van der Waals surface area contributed by atoms with Gasteiger partial charge in [0.05, 0.1) is 11.6 Å². The summed E-state index contributed by atoms with van der Waals surface area (Å²) in [5.41, 5.74) is 1.02. The van der Waals surface area contributed by atoms with Gasteiger partial charge in [0, 0.05) is 24.9 Å². The standard InChI is InChI=1S/C14H17FN2O/c1-10(12-2-4-18-5-3-12)17-14-7-11(9-16)6-13(15)8-14/h6-8,10,12,17H,2-5H2,1H3. The fourth-order valence-corrected chi connectivity index (χ4v) is 2.33. The normalized spacial score (nSPS) is 18.1. The van der Waals surface area contributed by atoms with Crippen molar-refractivity contribution in [3.8, 4) is 6.07 Å². The Balaban J connectivity index is 2.04. The summed E-state index contributed by atoms with van der Waals surface area (Å²) in [5.74, 6) is 0.156. The lowest BCUT2D eigenvalue weighted by atomic mass is 9.93. The van der Waals surface area contributed by atoms with Crippen LogP contribution in [0.15, 0.2) is 18.2 Å². The third kappa shape index (κ3) is 3.21. The monoisotopic (exact) mass is 248 g/mol. The van der Waals surface area contributed by atoms with E-state index in [1.54, 1.807) is 6.07 Å². The zero-order chi connectivity index (χ0) is 13.0. The minimum absolute atomic E-state index is 0.252. The van der Waals surface area contributed by atoms with Gasteiger partial charge >= 0.3 is 0 Å². The molecule has 1 heterocycles. The number of nitriles is 1. The molecule has 1 N–H and O–H groups in total. The van der Waals surface area contributed by atoms with Crippen molar-refractivity contribution in [1.29, 1.82) is 5.26 Å². The average Bonchev–Trinajstić information content (AvgIpc) is 2.39. The largest absolute Gasteiger partial charge is 0.382 e. The van der Waals surface area contributed by atoms with Crippen molar-refractivity contribution in [3.63, 3.8) is 0 Å². The molecule has 1 aromatic rings. The summed E-state index contributed by atoms with van der Waals surface area (Å²) in [6.07, 6.45) is 2.04. The molecule has 1 aromatic carbocycles. The fraction of sp³-hybridized carbons (Fsp3) is 0.500. The van der Waals surface area contributed by atoms with Crippen LogP contribution >= 0.6 is 0 Å². The smallest absolute Gasteiger partial charge is 0.126 e. The van der Waals surface area contributed by atoms with Crippen LogP contribution in [0.4, 0.5) is 10.1 Å². The second-order valence-corrected chi connectivity index (χ2v) is 4.72. The van der Waals surface area contributed by atoms with E-state index in [1.807, 2.05) is 6.07 Å². The summed E-state index contributed by atoms with van der Waals surface area (Å²) in [6, 6.07) is 6.56. The summed E-state index contributed by atoms with van der Waals surface area (Å²) in [6.45, 7) is 3.68. The lowest BCUT2D eigenvalue weighted by molar-refractivity contribution is 0.0622. The molecule has 0 bridgehead atoms. The number of nitrogens with zero attached hydrogens (tertiary/aromatic N) is 1. The maximum Gasteiger partial charge on any atom is 0.126 e. The maximum absolute atomic E-state index is 13.3. The number of halogens is 1. The van der Waals surface area contributed by atoms with E-state index >= 15 is 0 Å². The Morgan fingerprint density at radius 1 is 1.39 bits per heavy atom. The number of nitrogens with one attached hydrogen (secondary N) is 1. The van der Waals surface area contributed by atoms with Crippen LogP contribution in [0.1, 0.15) is 25.3 Å². The summed E-state index contributed by atoms with van der Waals surface area (Å²) in [5, 5.41) is 12.1. The van der Waals surface area contributed by atoms with Gasteiger partial charge < -0.3 is 10.1 Å². The molecule has 4 heteroatoms. The quantitative estimate of drug-likeness (QED) is 0.894. The van der Waals surface area contributed by atoms with Crippen LogP contribution in [0.2, 0.25) is 0 Å². The van der Waals surface area contributed by atoms with Crippen molar-refractivity contribution in [2.75, 3.05) is 18.5 Å². The Morgan fingerprint density at radius 3 is 2.78 bits per heavy atom. The van der Waals surface area contributed by atoms with Crippen LogP contribution in [-0.4, -0.2) is 19.3 Å². The van der Waals surface area contributed by atoms with Gasteiger partial charge in [-0.05, 0) is 43.9 Å². The van der Waals surface area contributed by atoms with Gasteiger partial charge in [-0.25, -0.2) is 4.39 Å². The van der Waals surface area contributed by atoms with E-state index in [4.69, 9.17) is 10.00 Å². The number of anilines is 1. The highest BCUT2D eigenvalue weighted by Gasteiger charge is 2.20. The molecule has 1 aliphatic heterocycles. The van der Waals surface area contributed by atoms with E-state index in [2.05, 4.69) is 12.2 Å². The van der Waals surface area contributed by atoms with Crippen LogP contribution in [-0.2, 0) is 4.74 Å². The topological polar surface area (TPSA) is 45.0 Å². The summed E-state index contributed by atoms with van der Waals surface area (Å²) >= 11 is 0. The Hall–Kier alpha value is -1.60. The zero-order valence-corrected chi connectivity index (χ0v) is 10.4. The average molecular weight is 248 g/mol. The first-order valence-corrected chi connectivity index (χ1v) is 6.24. The SMILES string of the molecule is CC(Nc1cc(F)cc(C#N)c1)C1CCOCC1. The predicted molar refractivity (Wildman–Crippen MR) is 67.7 cm³/mol. The molecular formula is C14H17FN2O. The number of hydrogen-bond acceptors (Lipinski definition) is 3. The third-order valence-electron chi connectivity index (χ3n) is 3.39. The molecule has 0 amide bonds. The van der Waals surface area contributed by atoms with Crippen LogP contribution in [0.3, 0.4) is 0 Å². The fourth-order valence-electron chi connectivity index (χ4n) is 2.33. The molecule has 1 fully saturated rings. The molecule has 0 saturated carbocycles. The molecule has 0 aliphatic carbocycles. The van der Waals surface area contributed by atoms with E-state index in [0.717, 1.165) is 26.1 Å². The second-order valence-electron chi connectivity index (χ2n) is 4.72. The van der Waals surface area contributed by atoms with E-state index < -0.39 is 0 Å². The summed E-state index contributed by atoms with van der Waals surface area (Å²) in [7, 11) is 0. The highest BCUT2D eigenvalue weighted by molar-refractivity contribution is 5.50. The van der Waals surface area contributed by atoms with E-state index in [0.29, 0.717) is 17.2 Å². The Morgan fingerprint density at radius 2 is 2.11 bits per heavy atom. The molecular weight excluding hydrogens is 231 g/mol. The number of rotatable bonds is 3. The molecule has 3 nitrogen and oxygen atoms in total. The van der Waals surface area contributed by atoms with Crippen LogP contribution in [0, 0.1) is 23.1 Å². The van der Waals surface area contributed by atoms with Crippen molar-refractivity contribution in [1.82, 2.24) is 0 Å². The highest BCUT2D eigenvalue weighted by Crippen LogP contribution is 2.22. The zero-order valence-electron chi connectivity index (χ0n) is 10.4. The maximum atomic E-state index is 13.3. The first-order valence-electron chi connectivity index (χ1n) is 6.24.